The number of benzene rings is 1. The highest BCUT2D eigenvalue weighted by molar-refractivity contribution is 5.67. The van der Waals surface area contributed by atoms with E-state index in [0.29, 0.717) is 6.54 Å². The average molecular weight is 249 g/mol. The molecule has 4 nitrogen and oxygen atoms in total. The lowest BCUT2D eigenvalue weighted by Gasteiger charge is -2.35. The van der Waals surface area contributed by atoms with E-state index in [9.17, 15) is 9.90 Å². The molecule has 1 aromatic carbocycles. The number of phenolic OH excluding ortho intramolecular Hbond substituents is 1. The summed E-state index contributed by atoms with van der Waals surface area (Å²) in [5.74, 6) is -0.457. The van der Waals surface area contributed by atoms with Crippen molar-refractivity contribution in [1.29, 1.82) is 0 Å². The molecule has 0 saturated carbocycles. The van der Waals surface area contributed by atoms with Gasteiger partial charge in [0.05, 0.1) is 6.42 Å². The van der Waals surface area contributed by atoms with Crippen LogP contribution in [0.1, 0.15) is 31.2 Å². The predicted molar refractivity (Wildman–Crippen MR) is 68.4 cm³/mol. The van der Waals surface area contributed by atoms with E-state index in [-0.39, 0.29) is 18.2 Å². The molecule has 2 N–H and O–H groups in total. The first-order valence-corrected chi connectivity index (χ1v) is 6.39. The summed E-state index contributed by atoms with van der Waals surface area (Å²) in [6.45, 7) is 1.54. The number of piperidine rings is 1. The minimum absolute atomic E-state index is 0.0934. The van der Waals surface area contributed by atoms with Crippen molar-refractivity contribution in [3.05, 3.63) is 29.8 Å². The number of likely N-dealkylation sites (tertiary alicyclic amines) is 1. The first-order chi connectivity index (χ1) is 8.66. The predicted octanol–water partition coefficient (Wildman–Crippen LogP) is 2.22. The summed E-state index contributed by atoms with van der Waals surface area (Å²) in [7, 11) is 0. The van der Waals surface area contributed by atoms with Gasteiger partial charge in [-0.05, 0) is 25.5 Å². The number of carboxylic acid groups (broad SMARTS) is 1. The van der Waals surface area contributed by atoms with Crippen LogP contribution in [0, 0.1) is 0 Å². The molecule has 0 radical (unpaired) electrons. The Hall–Kier alpha value is -1.55. The largest absolute Gasteiger partial charge is 0.508 e. The van der Waals surface area contributed by atoms with E-state index in [1.807, 2.05) is 12.1 Å². The number of hydrogen-bond acceptors (Lipinski definition) is 3. The van der Waals surface area contributed by atoms with Crippen LogP contribution in [0.25, 0.3) is 0 Å². The van der Waals surface area contributed by atoms with E-state index in [4.69, 9.17) is 5.11 Å². The third-order valence-electron chi connectivity index (χ3n) is 3.52. The third kappa shape index (κ3) is 3.23. The number of carbonyl (C=O) groups is 1. The van der Waals surface area contributed by atoms with Gasteiger partial charge in [-0.15, -0.1) is 0 Å². The Kier molecular flexibility index (Phi) is 4.20. The molecule has 1 saturated heterocycles. The SMILES string of the molecule is O=C(O)CC1CCCCN1Cc1ccccc1O. The number of nitrogens with zero attached hydrogens (tertiary/aromatic N) is 1. The van der Waals surface area contributed by atoms with Crippen molar-refractivity contribution in [3.8, 4) is 5.75 Å². The van der Waals surface area contributed by atoms with E-state index in [1.165, 1.54) is 0 Å². The van der Waals surface area contributed by atoms with Crippen molar-refractivity contribution < 1.29 is 15.0 Å². The quantitative estimate of drug-likeness (QED) is 0.859. The van der Waals surface area contributed by atoms with Gasteiger partial charge in [0.2, 0.25) is 0 Å². The molecule has 1 fully saturated rings. The van der Waals surface area contributed by atoms with E-state index in [1.54, 1.807) is 12.1 Å². The Bertz CT molecular complexity index is 419. The monoisotopic (exact) mass is 249 g/mol. The second-order valence-corrected chi connectivity index (χ2v) is 4.85. The lowest BCUT2D eigenvalue weighted by molar-refractivity contribution is -0.138. The van der Waals surface area contributed by atoms with Crippen molar-refractivity contribution in [2.45, 2.75) is 38.3 Å². The fourth-order valence-corrected chi connectivity index (χ4v) is 2.56. The number of aliphatic carboxylic acids is 1. The summed E-state index contributed by atoms with van der Waals surface area (Å²) in [5.41, 5.74) is 0.870. The van der Waals surface area contributed by atoms with Crippen molar-refractivity contribution in [1.82, 2.24) is 4.90 Å². The van der Waals surface area contributed by atoms with Crippen molar-refractivity contribution in [3.63, 3.8) is 0 Å². The Morgan fingerprint density at radius 1 is 1.33 bits per heavy atom. The molecule has 2 rings (SSSR count). The van der Waals surface area contributed by atoms with Gasteiger partial charge in [-0.25, -0.2) is 0 Å². The maximum atomic E-state index is 10.9. The third-order valence-corrected chi connectivity index (χ3v) is 3.52. The van der Waals surface area contributed by atoms with Gasteiger partial charge in [-0.3, -0.25) is 9.69 Å². The Morgan fingerprint density at radius 2 is 2.11 bits per heavy atom. The zero-order chi connectivity index (χ0) is 13.0. The summed E-state index contributed by atoms with van der Waals surface area (Å²) in [6.07, 6.45) is 3.31. The molecule has 0 aromatic heterocycles. The summed E-state index contributed by atoms with van der Waals surface area (Å²) in [5, 5.41) is 18.7. The highest BCUT2D eigenvalue weighted by Crippen LogP contribution is 2.25. The van der Waals surface area contributed by atoms with Crippen LogP contribution < -0.4 is 0 Å². The molecule has 98 valence electrons. The number of rotatable bonds is 4. The molecule has 0 bridgehead atoms. The first kappa shape index (κ1) is 12.9. The molecule has 0 spiro atoms. The van der Waals surface area contributed by atoms with Crippen molar-refractivity contribution >= 4 is 5.97 Å². The summed E-state index contributed by atoms with van der Waals surface area (Å²) in [6, 6.07) is 7.35. The number of carboxylic acids is 1. The number of hydrogen-bond donors (Lipinski definition) is 2. The highest BCUT2D eigenvalue weighted by atomic mass is 16.4. The van der Waals surface area contributed by atoms with Crippen LogP contribution in [0.5, 0.6) is 5.75 Å². The zero-order valence-corrected chi connectivity index (χ0v) is 10.4. The summed E-state index contributed by atoms with van der Waals surface area (Å²) >= 11 is 0. The number of para-hydroxylation sites is 1. The molecule has 1 aliphatic heterocycles. The highest BCUT2D eigenvalue weighted by Gasteiger charge is 2.25. The molecule has 1 aliphatic rings. The maximum Gasteiger partial charge on any atom is 0.304 e. The van der Waals surface area contributed by atoms with Gasteiger partial charge >= 0.3 is 5.97 Å². The van der Waals surface area contributed by atoms with Gasteiger partial charge in [0.25, 0.3) is 0 Å². The normalized spacial score (nSPS) is 20.8. The van der Waals surface area contributed by atoms with E-state index in [0.717, 1.165) is 31.4 Å². The van der Waals surface area contributed by atoms with Gasteiger partial charge in [-0.1, -0.05) is 24.6 Å². The molecule has 0 amide bonds. The Morgan fingerprint density at radius 3 is 2.83 bits per heavy atom. The van der Waals surface area contributed by atoms with Gasteiger partial charge in [0, 0.05) is 18.2 Å². The van der Waals surface area contributed by atoms with Crippen LogP contribution in [-0.2, 0) is 11.3 Å². The number of aromatic hydroxyl groups is 1. The second kappa shape index (κ2) is 5.87. The molecule has 0 aliphatic carbocycles. The molecule has 1 aromatic rings. The fourth-order valence-electron chi connectivity index (χ4n) is 2.56. The van der Waals surface area contributed by atoms with Crippen LogP contribution in [0.4, 0.5) is 0 Å². The average Bonchev–Trinajstić information content (AvgIpc) is 2.34. The first-order valence-electron chi connectivity index (χ1n) is 6.39. The van der Waals surface area contributed by atoms with Gasteiger partial charge < -0.3 is 10.2 Å². The van der Waals surface area contributed by atoms with Gasteiger partial charge in [-0.2, -0.15) is 0 Å². The summed E-state index contributed by atoms with van der Waals surface area (Å²) < 4.78 is 0. The van der Waals surface area contributed by atoms with E-state index < -0.39 is 5.97 Å². The lowest BCUT2D eigenvalue weighted by atomic mass is 9.98. The summed E-state index contributed by atoms with van der Waals surface area (Å²) in [4.78, 5) is 13.0. The van der Waals surface area contributed by atoms with Gasteiger partial charge in [0.1, 0.15) is 5.75 Å². The molecule has 18 heavy (non-hydrogen) atoms. The molecular weight excluding hydrogens is 230 g/mol. The van der Waals surface area contributed by atoms with Crippen LogP contribution in [0.3, 0.4) is 0 Å². The van der Waals surface area contributed by atoms with Crippen LogP contribution in [0.2, 0.25) is 0 Å². The Labute approximate surface area is 107 Å². The molecule has 4 heteroatoms. The van der Waals surface area contributed by atoms with Crippen LogP contribution in [0.15, 0.2) is 24.3 Å². The molecule has 1 heterocycles. The Balaban J connectivity index is 2.05. The minimum Gasteiger partial charge on any atom is -0.508 e. The molecular formula is C14H19NO3. The lowest BCUT2D eigenvalue weighted by Crippen LogP contribution is -2.40. The zero-order valence-electron chi connectivity index (χ0n) is 10.4. The van der Waals surface area contributed by atoms with Crippen molar-refractivity contribution in [2.24, 2.45) is 0 Å². The number of phenols is 1. The molecule has 1 unspecified atom stereocenters. The van der Waals surface area contributed by atoms with Crippen molar-refractivity contribution in [2.75, 3.05) is 6.54 Å². The van der Waals surface area contributed by atoms with Gasteiger partial charge in [0.15, 0.2) is 0 Å². The smallest absolute Gasteiger partial charge is 0.304 e. The minimum atomic E-state index is -0.746. The van der Waals surface area contributed by atoms with Crippen LogP contribution in [-0.4, -0.2) is 33.7 Å². The fraction of sp³-hybridized carbons (Fsp3) is 0.500. The maximum absolute atomic E-state index is 10.9. The molecule has 1 atom stereocenters. The topological polar surface area (TPSA) is 60.8 Å². The van der Waals surface area contributed by atoms with Crippen LogP contribution >= 0.6 is 0 Å². The van der Waals surface area contributed by atoms with E-state index >= 15 is 0 Å². The van der Waals surface area contributed by atoms with E-state index in [2.05, 4.69) is 4.90 Å². The second-order valence-electron chi connectivity index (χ2n) is 4.85. The standard InChI is InChI=1S/C14H19NO3/c16-13-7-2-1-5-11(13)10-15-8-4-3-6-12(15)9-14(17)18/h1-2,5,7,12,16H,3-4,6,8-10H2,(H,17,18).